The fourth-order valence-electron chi connectivity index (χ4n) is 3.45. The van der Waals surface area contributed by atoms with E-state index in [1.165, 1.54) is 11.3 Å². The molecule has 0 aliphatic carbocycles. The first-order valence-electron chi connectivity index (χ1n) is 9.07. The van der Waals surface area contributed by atoms with E-state index in [2.05, 4.69) is 4.98 Å². The van der Waals surface area contributed by atoms with E-state index in [1.807, 2.05) is 49.6 Å². The SMILES string of the molecule is CC(C)C[C@H]1C(=O)OC(C)N1[C@@H](Cc1csc(-c2ccccc2)n1)C(=O)O. The Morgan fingerprint density at radius 1 is 1.33 bits per heavy atom. The summed E-state index contributed by atoms with van der Waals surface area (Å²) in [5.41, 5.74) is 1.72. The molecule has 144 valence electrons. The Morgan fingerprint density at radius 3 is 2.67 bits per heavy atom. The summed E-state index contributed by atoms with van der Waals surface area (Å²) in [5.74, 6) is -1.05. The average molecular weight is 388 g/mol. The van der Waals surface area contributed by atoms with Crippen molar-refractivity contribution in [1.82, 2.24) is 9.88 Å². The second-order valence-corrected chi connectivity index (χ2v) is 8.06. The minimum atomic E-state index is -0.969. The molecule has 1 unspecified atom stereocenters. The number of benzene rings is 1. The predicted molar refractivity (Wildman–Crippen MR) is 103 cm³/mol. The number of carboxylic acid groups (broad SMARTS) is 1. The lowest BCUT2D eigenvalue weighted by Crippen LogP contribution is -2.50. The van der Waals surface area contributed by atoms with Crippen LogP contribution < -0.4 is 0 Å². The number of aliphatic carboxylic acids is 1. The Kier molecular flexibility index (Phi) is 5.92. The van der Waals surface area contributed by atoms with Crippen molar-refractivity contribution in [3.8, 4) is 10.6 Å². The van der Waals surface area contributed by atoms with Crippen LogP contribution >= 0.6 is 11.3 Å². The van der Waals surface area contributed by atoms with Gasteiger partial charge in [-0.3, -0.25) is 9.59 Å². The number of carbonyl (C=O) groups is 2. The van der Waals surface area contributed by atoms with Crippen molar-refractivity contribution < 1.29 is 19.4 Å². The van der Waals surface area contributed by atoms with Gasteiger partial charge in [0, 0.05) is 17.4 Å². The highest BCUT2D eigenvalue weighted by Gasteiger charge is 2.46. The molecule has 0 saturated carbocycles. The lowest BCUT2D eigenvalue weighted by Gasteiger charge is -2.30. The highest BCUT2D eigenvalue weighted by atomic mass is 32.1. The van der Waals surface area contributed by atoms with Gasteiger partial charge >= 0.3 is 11.9 Å². The van der Waals surface area contributed by atoms with Crippen molar-refractivity contribution in [1.29, 1.82) is 0 Å². The van der Waals surface area contributed by atoms with Crippen molar-refractivity contribution in [3.63, 3.8) is 0 Å². The topological polar surface area (TPSA) is 79.7 Å². The first-order chi connectivity index (χ1) is 12.9. The maximum atomic E-state index is 12.2. The third-order valence-electron chi connectivity index (χ3n) is 4.65. The highest BCUT2D eigenvalue weighted by Crippen LogP contribution is 2.29. The number of rotatable bonds is 7. The lowest BCUT2D eigenvalue weighted by molar-refractivity contribution is -0.147. The van der Waals surface area contributed by atoms with E-state index >= 15 is 0 Å². The largest absolute Gasteiger partial charge is 0.480 e. The van der Waals surface area contributed by atoms with Gasteiger partial charge in [0.15, 0.2) is 6.23 Å². The fourth-order valence-corrected chi connectivity index (χ4v) is 4.29. The van der Waals surface area contributed by atoms with Crippen LogP contribution in [0.5, 0.6) is 0 Å². The molecule has 3 atom stereocenters. The van der Waals surface area contributed by atoms with Crippen LogP contribution in [0.15, 0.2) is 35.7 Å². The molecule has 0 spiro atoms. The Bertz CT molecular complexity index is 805. The number of hydrogen-bond donors (Lipinski definition) is 1. The number of ether oxygens (including phenoxy) is 1. The van der Waals surface area contributed by atoms with Crippen molar-refractivity contribution in [2.75, 3.05) is 0 Å². The molecule has 0 amide bonds. The van der Waals surface area contributed by atoms with Gasteiger partial charge in [-0.15, -0.1) is 11.3 Å². The number of carboxylic acids is 1. The third kappa shape index (κ3) is 4.36. The van der Waals surface area contributed by atoms with E-state index in [-0.39, 0.29) is 18.3 Å². The van der Waals surface area contributed by atoms with Crippen LogP contribution in [0, 0.1) is 5.92 Å². The highest BCUT2D eigenvalue weighted by molar-refractivity contribution is 7.13. The summed E-state index contributed by atoms with van der Waals surface area (Å²) in [6, 6.07) is 8.40. The van der Waals surface area contributed by atoms with Crippen molar-refractivity contribution in [2.24, 2.45) is 5.92 Å². The maximum absolute atomic E-state index is 12.2. The summed E-state index contributed by atoms with van der Waals surface area (Å²) in [5, 5.41) is 12.6. The number of nitrogens with zero attached hydrogens (tertiary/aromatic N) is 2. The zero-order chi connectivity index (χ0) is 19.6. The van der Waals surface area contributed by atoms with E-state index in [9.17, 15) is 14.7 Å². The van der Waals surface area contributed by atoms with Gasteiger partial charge in [-0.25, -0.2) is 9.88 Å². The van der Waals surface area contributed by atoms with Crippen molar-refractivity contribution in [2.45, 2.75) is 51.9 Å². The molecular formula is C20H24N2O4S. The molecule has 1 aliphatic heterocycles. The molecule has 6 nitrogen and oxygen atoms in total. The lowest BCUT2D eigenvalue weighted by atomic mass is 10.00. The number of carbonyl (C=O) groups excluding carboxylic acids is 1. The van der Waals surface area contributed by atoms with Gasteiger partial charge in [0.25, 0.3) is 0 Å². The standard InChI is InChI=1S/C20H24N2O4S/c1-12(2)9-17-20(25)26-13(3)22(17)16(19(23)24)10-15-11-27-18(21-15)14-7-5-4-6-8-14/h4-8,11-13,16-17H,9-10H2,1-3H3,(H,23,24)/t13?,16-,17-/m0/s1. The summed E-state index contributed by atoms with van der Waals surface area (Å²) in [7, 11) is 0. The number of esters is 1. The number of hydrogen-bond acceptors (Lipinski definition) is 6. The van der Waals surface area contributed by atoms with Gasteiger partial charge in [0.05, 0.1) is 5.69 Å². The van der Waals surface area contributed by atoms with Crippen LogP contribution in [0.25, 0.3) is 10.6 Å². The first-order valence-corrected chi connectivity index (χ1v) is 9.95. The first kappa shape index (κ1) is 19.5. The molecule has 27 heavy (non-hydrogen) atoms. The zero-order valence-corrected chi connectivity index (χ0v) is 16.5. The summed E-state index contributed by atoms with van der Waals surface area (Å²) < 4.78 is 5.34. The Hall–Kier alpha value is -2.25. The molecule has 1 saturated heterocycles. The van der Waals surface area contributed by atoms with Gasteiger partial charge in [0.1, 0.15) is 17.1 Å². The van der Waals surface area contributed by atoms with E-state index in [4.69, 9.17) is 4.74 Å². The fraction of sp³-hybridized carbons (Fsp3) is 0.450. The molecule has 2 heterocycles. The Labute approximate surface area is 162 Å². The molecule has 2 aromatic rings. The van der Waals surface area contributed by atoms with Crippen LogP contribution in [-0.4, -0.2) is 45.2 Å². The molecule has 7 heteroatoms. The predicted octanol–water partition coefficient (Wildman–Crippen LogP) is 3.43. The van der Waals surface area contributed by atoms with Gasteiger partial charge in [-0.1, -0.05) is 44.2 Å². The molecule has 0 radical (unpaired) electrons. The smallest absolute Gasteiger partial charge is 0.325 e. The average Bonchev–Trinajstić information content (AvgIpc) is 3.18. The van der Waals surface area contributed by atoms with Crippen LogP contribution in [0.1, 0.15) is 32.9 Å². The summed E-state index contributed by atoms with van der Waals surface area (Å²) >= 11 is 1.49. The molecule has 1 N–H and O–H groups in total. The molecule has 0 bridgehead atoms. The summed E-state index contributed by atoms with van der Waals surface area (Å²) in [6.07, 6.45) is 0.239. The van der Waals surface area contributed by atoms with Crippen LogP contribution in [0.3, 0.4) is 0 Å². The molecular weight excluding hydrogens is 364 g/mol. The molecule has 1 aromatic heterocycles. The van der Waals surface area contributed by atoms with Crippen molar-refractivity contribution in [3.05, 3.63) is 41.4 Å². The molecule has 3 rings (SSSR count). The second-order valence-electron chi connectivity index (χ2n) is 7.20. The van der Waals surface area contributed by atoms with E-state index < -0.39 is 24.3 Å². The Balaban J connectivity index is 1.83. The van der Waals surface area contributed by atoms with Crippen LogP contribution in [0.4, 0.5) is 0 Å². The number of thiazole rings is 1. The quantitative estimate of drug-likeness (QED) is 0.732. The third-order valence-corrected chi connectivity index (χ3v) is 5.59. The summed E-state index contributed by atoms with van der Waals surface area (Å²) in [4.78, 5) is 30.5. The summed E-state index contributed by atoms with van der Waals surface area (Å²) in [6.45, 7) is 5.75. The minimum Gasteiger partial charge on any atom is -0.480 e. The molecule has 1 aromatic carbocycles. The van der Waals surface area contributed by atoms with Crippen LogP contribution in [0.2, 0.25) is 0 Å². The van der Waals surface area contributed by atoms with E-state index in [1.54, 1.807) is 11.8 Å². The molecule has 1 fully saturated rings. The minimum absolute atomic E-state index is 0.230. The van der Waals surface area contributed by atoms with Gasteiger partial charge in [0.2, 0.25) is 0 Å². The number of aromatic nitrogens is 1. The normalized spacial score (nSPS) is 21.4. The van der Waals surface area contributed by atoms with Crippen LogP contribution in [-0.2, 0) is 20.7 Å². The number of cyclic esters (lactones) is 1. The van der Waals surface area contributed by atoms with E-state index in [0.717, 1.165) is 10.6 Å². The second kappa shape index (κ2) is 8.19. The zero-order valence-electron chi connectivity index (χ0n) is 15.7. The van der Waals surface area contributed by atoms with Gasteiger partial charge < -0.3 is 9.84 Å². The molecule has 1 aliphatic rings. The monoisotopic (exact) mass is 388 g/mol. The van der Waals surface area contributed by atoms with Gasteiger partial charge in [-0.05, 0) is 19.3 Å². The Morgan fingerprint density at radius 2 is 2.04 bits per heavy atom. The maximum Gasteiger partial charge on any atom is 0.325 e. The van der Waals surface area contributed by atoms with Gasteiger partial charge in [-0.2, -0.15) is 0 Å². The van der Waals surface area contributed by atoms with Crippen molar-refractivity contribution >= 4 is 23.3 Å². The van der Waals surface area contributed by atoms with E-state index in [0.29, 0.717) is 12.1 Å².